The summed E-state index contributed by atoms with van der Waals surface area (Å²) in [5.41, 5.74) is 2.75. The summed E-state index contributed by atoms with van der Waals surface area (Å²) in [5, 5.41) is 9.90. The normalized spacial score (nSPS) is 23.5. The lowest BCUT2D eigenvalue weighted by molar-refractivity contribution is -0.125. The molecule has 4 heteroatoms. The summed E-state index contributed by atoms with van der Waals surface area (Å²) in [7, 11) is 1.73. The molecule has 0 aliphatic carbocycles. The number of likely N-dealkylation sites (N-methyl/N-ethyl adjacent to an activating group) is 1. The minimum atomic E-state index is -0.989. The van der Waals surface area contributed by atoms with Gasteiger partial charge in [-0.25, -0.2) is 0 Å². The van der Waals surface area contributed by atoms with E-state index < -0.39 is 6.10 Å². The third-order valence-electron chi connectivity index (χ3n) is 4.46. The summed E-state index contributed by atoms with van der Waals surface area (Å²) in [5.74, 6) is -0.232. The van der Waals surface area contributed by atoms with Crippen LogP contribution in [0.3, 0.4) is 0 Å². The van der Waals surface area contributed by atoms with Gasteiger partial charge in [-0.05, 0) is 25.0 Å². The highest BCUT2D eigenvalue weighted by molar-refractivity contribution is 6.03. The summed E-state index contributed by atoms with van der Waals surface area (Å²) >= 11 is 0. The van der Waals surface area contributed by atoms with E-state index in [9.17, 15) is 9.90 Å². The Balaban J connectivity index is 1.87. The average molecular weight is 274 g/mol. The van der Waals surface area contributed by atoms with Gasteiger partial charge < -0.3 is 14.9 Å². The molecule has 1 atom stereocenters. The number of amides is 1. The van der Waals surface area contributed by atoms with Crippen LogP contribution in [0.5, 0.6) is 0 Å². The number of hydrogen-bond donors (Lipinski definition) is 1. The summed E-state index contributed by atoms with van der Waals surface area (Å²) in [6.45, 7) is 2.16. The minimum Gasteiger partial charge on any atom is -0.378 e. The third-order valence-corrected chi connectivity index (χ3v) is 4.46. The predicted octanol–water partition coefficient (Wildman–Crippen LogP) is 2.47. The highest BCUT2D eigenvalue weighted by Gasteiger charge is 2.33. The first-order valence-electron chi connectivity index (χ1n) is 7.53. The number of aliphatic hydroxyl groups excluding tert-OH is 1. The van der Waals surface area contributed by atoms with Crippen LogP contribution in [-0.2, 0) is 4.79 Å². The lowest BCUT2D eigenvalue weighted by Crippen LogP contribution is -2.27. The largest absolute Gasteiger partial charge is 0.378 e. The van der Waals surface area contributed by atoms with Crippen molar-refractivity contribution in [3.63, 3.8) is 0 Å². The van der Waals surface area contributed by atoms with E-state index in [1.807, 2.05) is 18.2 Å². The van der Waals surface area contributed by atoms with Crippen LogP contribution in [0.15, 0.2) is 18.2 Å². The van der Waals surface area contributed by atoms with Gasteiger partial charge in [-0.1, -0.05) is 25.3 Å². The Labute approximate surface area is 120 Å². The predicted molar refractivity (Wildman–Crippen MR) is 80.1 cm³/mol. The molecule has 0 spiro atoms. The Morgan fingerprint density at radius 1 is 1.10 bits per heavy atom. The highest BCUT2D eigenvalue weighted by Crippen LogP contribution is 2.37. The number of carbonyl (C=O) groups excluding carboxylic acids is 1. The summed E-state index contributed by atoms with van der Waals surface area (Å²) in [6.07, 6.45) is 5.43. The van der Waals surface area contributed by atoms with Gasteiger partial charge in [0.1, 0.15) is 0 Å². The molecule has 2 aliphatic rings. The molecule has 1 amide bonds. The van der Waals surface area contributed by atoms with Gasteiger partial charge in [0, 0.05) is 31.4 Å². The van der Waals surface area contributed by atoms with Crippen molar-refractivity contribution in [3.05, 3.63) is 23.8 Å². The van der Waals surface area contributed by atoms with Gasteiger partial charge in [-0.15, -0.1) is 0 Å². The second-order valence-corrected chi connectivity index (χ2v) is 5.80. The van der Waals surface area contributed by atoms with E-state index in [0.29, 0.717) is 0 Å². The maximum atomic E-state index is 11.8. The fourth-order valence-electron chi connectivity index (χ4n) is 3.19. The van der Waals surface area contributed by atoms with Gasteiger partial charge in [0.2, 0.25) is 0 Å². The van der Waals surface area contributed by atoms with E-state index in [2.05, 4.69) is 4.90 Å². The average Bonchev–Trinajstić information content (AvgIpc) is 2.63. The minimum absolute atomic E-state index is 0.232. The molecule has 4 nitrogen and oxygen atoms in total. The quantitative estimate of drug-likeness (QED) is 0.855. The SMILES string of the molecule is CN1C(=O)C(O)c2ccc(N3CCCCCCC3)cc21. The molecule has 1 aromatic rings. The van der Waals surface area contributed by atoms with Crippen LogP contribution in [-0.4, -0.2) is 31.2 Å². The molecular weight excluding hydrogens is 252 g/mol. The van der Waals surface area contributed by atoms with E-state index in [-0.39, 0.29) is 5.91 Å². The van der Waals surface area contributed by atoms with Crippen LogP contribution in [0.1, 0.15) is 43.8 Å². The Morgan fingerprint density at radius 2 is 1.75 bits per heavy atom. The number of carbonyl (C=O) groups is 1. The molecule has 0 bridgehead atoms. The van der Waals surface area contributed by atoms with Crippen molar-refractivity contribution >= 4 is 17.3 Å². The van der Waals surface area contributed by atoms with Gasteiger partial charge in [0.25, 0.3) is 5.91 Å². The zero-order valence-electron chi connectivity index (χ0n) is 12.0. The zero-order chi connectivity index (χ0) is 14.1. The first-order valence-corrected chi connectivity index (χ1v) is 7.53. The second-order valence-electron chi connectivity index (χ2n) is 5.80. The maximum Gasteiger partial charge on any atom is 0.260 e. The molecule has 1 unspecified atom stereocenters. The molecule has 0 radical (unpaired) electrons. The van der Waals surface area contributed by atoms with Gasteiger partial charge in [0.05, 0.1) is 5.69 Å². The molecule has 2 aliphatic heterocycles. The summed E-state index contributed by atoms with van der Waals surface area (Å²) in [4.78, 5) is 15.8. The smallest absolute Gasteiger partial charge is 0.260 e. The number of anilines is 2. The van der Waals surface area contributed by atoms with Gasteiger partial charge >= 0.3 is 0 Å². The molecule has 1 saturated heterocycles. The van der Waals surface area contributed by atoms with Crippen molar-refractivity contribution in [3.8, 4) is 0 Å². The van der Waals surface area contributed by atoms with Gasteiger partial charge in [-0.3, -0.25) is 4.79 Å². The number of hydrogen-bond acceptors (Lipinski definition) is 3. The lowest BCUT2D eigenvalue weighted by Gasteiger charge is -2.27. The highest BCUT2D eigenvalue weighted by atomic mass is 16.3. The molecule has 3 rings (SSSR count). The first kappa shape index (κ1) is 13.4. The summed E-state index contributed by atoms with van der Waals surface area (Å²) < 4.78 is 0. The first-order chi connectivity index (χ1) is 9.68. The fourth-order valence-corrected chi connectivity index (χ4v) is 3.19. The molecule has 1 N–H and O–H groups in total. The Kier molecular flexibility index (Phi) is 3.66. The molecule has 1 fully saturated rings. The standard InChI is InChI=1S/C16H22N2O2/c1-17-14-11-12(7-8-13(14)15(19)16(17)20)18-9-5-3-2-4-6-10-18/h7-8,11,15,19H,2-6,9-10H2,1H3. The Hall–Kier alpha value is -1.55. The van der Waals surface area contributed by atoms with Crippen LogP contribution >= 0.6 is 0 Å². The van der Waals surface area contributed by atoms with Crippen LogP contribution in [0.2, 0.25) is 0 Å². The van der Waals surface area contributed by atoms with Gasteiger partial charge in [-0.2, -0.15) is 0 Å². The number of fused-ring (bicyclic) bond motifs is 1. The van der Waals surface area contributed by atoms with Crippen LogP contribution < -0.4 is 9.80 Å². The molecular formula is C16H22N2O2. The monoisotopic (exact) mass is 274 g/mol. The van der Waals surface area contributed by atoms with Crippen molar-refractivity contribution in [2.75, 3.05) is 29.9 Å². The Morgan fingerprint density at radius 3 is 2.45 bits per heavy atom. The Bertz CT molecular complexity index is 507. The van der Waals surface area contributed by atoms with Gasteiger partial charge in [0.15, 0.2) is 6.10 Å². The molecule has 0 saturated carbocycles. The molecule has 1 aromatic carbocycles. The van der Waals surface area contributed by atoms with Crippen LogP contribution in [0, 0.1) is 0 Å². The molecule has 2 heterocycles. The van der Waals surface area contributed by atoms with E-state index in [1.165, 1.54) is 37.8 Å². The maximum absolute atomic E-state index is 11.8. The van der Waals surface area contributed by atoms with E-state index in [1.54, 1.807) is 11.9 Å². The van der Waals surface area contributed by atoms with Crippen molar-refractivity contribution < 1.29 is 9.90 Å². The van der Waals surface area contributed by atoms with Crippen molar-refractivity contribution in [1.29, 1.82) is 0 Å². The number of aliphatic hydroxyl groups is 1. The van der Waals surface area contributed by atoms with Crippen LogP contribution in [0.4, 0.5) is 11.4 Å². The van der Waals surface area contributed by atoms with E-state index in [4.69, 9.17) is 0 Å². The van der Waals surface area contributed by atoms with Crippen molar-refractivity contribution in [1.82, 2.24) is 0 Å². The number of nitrogens with zero attached hydrogens (tertiary/aromatic N) is 2. The zero-order valence-corrected chi connectivity index (χ0v) is 12.0. The number of benzene rings is 1. The topological polar surface area (TPSA) is 43.8 Å². The molecule has 20 heavy (non-hydrogen) atoms. The van der Waals surface area contributed by atoms with Crippen LogP contribution in [0.25, 0.3) is 0 Å². The second kappa shape index (κ2) is 5.44. The van der Waals surface area contributed by atoms with Crippen molar-refractivity contribution in [2.45, 2.75) is 38.2 Å². The molecule has 0 aromatic heterocycles. The van der Waals surface area contributed by atoms with E-state index in [0.717, 1.165) is 24.3 Å². The number of rotatable bonds is 1. The fraction of sp³-hybridized carbons (Fsp3) is 0.562. The van der Waals surface area contributed by atoms with Crippen molar-refractivity contribution in [2.24, 2.45) is 0 Å². The van der Waals surface area contributed by atoms with E-state index >= 15 is 0 Å². The summed E-state index contributed by atoms with van der Waals surface area (Å²) in [6, 6.07) is 5.98. The third kappa shape index (κ3) is 2.29. The lowest BCUT2D eigenvalue weighted by atomic mass is 10.1. The molecule has 108 valence electrons.